The molecule has 1 amide bonds. The fourth-order valence-corrected chi connectivity index (χ4v) is 3.41. The number of piperidine rings is 1. The first-order valence-electron chi connectivity index (χ1n) is 8.43. The number of hydrogen-bond donors (Lipinski definition) is 1. The molecule has 0 saturated carbocycles. The third kappa shape index (κ3) is 3.52. The number of aromatic nitrogens is 2. The molecule has 1 N–H and O–H groups in total. The van der Waals surface area contributed by atoms with Gasteiger partial charge in [-0.15, -0.1) is 0 Å². The minimum Gasteiger partial charge on any atom is -0.478 e. The van der Waals surface area contributed by atoms with Crippen molar-refractivity contribution in [1.29, 1.82) is 0 Å². The molecule has 2 aromatic rings. The SMILES string of the molecule is CC(=O)N1CCCCC1c1cc(-c2ccccc2C(=O)O)nc(C)n1. The van der Waals surface area contributed by atoms with Crippen molar-refractivity contribution in [3.8, 4) is 11.3 Å². The van der Waals surface area contributed by atoms with Crippen molar-refractivity contribution in [2.24, 2.45) is 0 Å². The van der Waals surface area contributed by atoms with E-state index in [-0.39, 0.29) is 17.5 Å². The second-order valence-corrected chi connectivity index (χ2v) is 6.30. The van der Waals surface area contributed by atoms with Gasteiger partial charge in [-0.05, 0) is 38.3 Å². The summed E-state index contributed by atoms with van der Waals surface area (Å²) in [5, 5.41) is 9.43. The lowest BCUT2D eigenvalue weighted by molar-refractivity contribution is -0.132. The van der Waals surface area contributed by atoms with Gasteiger partial charge in [-0.2, -0.15) is 0 Å². The molecule has 1 fully saturated rings. The summed E-state index contributed by atoms with van der Waals surface area (Å²) in [6.45, 7) is 4.09. The predicted octanol–water partition coefficient (Wildman–Crippen LogP) is 3.22. The fraction of sp³-hybridized carbons (Fsp3) is 0.368. The zero-order valence-electron chi connectivity index (χ0n) is 14.4. The van der Waals surface area contributed by atoms with Crippen LogP contribution in [0, 0.1) is 6.92 Å². The standard InChI is InChI=1S/C19H21N3O3/c1-12-20-16(14-7-3-4-8-15(14)19(24)25)11-17(21-12)18-9-5-6-10-22(18)13(2)23/h3-4,7-8,11,18H,5-6,9-10H2,1-2H3,(H,24,25). The van der Waals surface area contributed by atoms with Crippen LogP contribution in [-0.4, -0.2) is 38.4 Å². The molecule has 0 radical (unpaired) electrons. The minimum absolute atomic E-state index is 0.0356. The van der Waals surface area contributed by atoms with E-state index in [1.54, 1.807) is 38.1 Å². The average molecular weight is 339 g/mol. The lowest BCUT2D eigenvalue weighted by atomic mass is 9.97. The number of likely N-dealkylation sites (tertiary alicyclic amines) is 1. The van der Waals surface area contributed by atoms with E-state index in [9.17, 15) is 14.7 Å². The number of benzene rings is 1. The van der Waals surface area contributed by atoms with Gasteiger partial charge in [0.05, 0.1) is 23.0 Å². The highest BCUT2D eigenvalue weighted by Crippen LogP contribution is 2.32. The second-order valence-electron chi connectivity index (χ2n) is 6.30. The van der Waals surface area contributed by atoms with Gasteiger partial charge >= 0.3 is 5.97 Å². The maximum absolute atomic E-state index is 12.0. The Kier molecular flexibility index (Phi) is 4.79. The van der Waals surface area contributed by atoms with Crippen molar-refractivity contribution in [2.45, 2.75) is 39.2 Å². The van der Waals surface area contributed by atoms with E-state index in [0.29, 0.717) is 17.1 Å². The topological polar surface area (TPSA) is 83.4 Å². The van der Waals surface area contributed by atoms with Crippen molar-refractivity contribution < 1.29 is 14.7 Å². The van der Waals surface area contributed by atoms with E-state index in [1.807, 2.05) is 11.0 Å². The van der Waals surface area contributed by atoms with Crippen molar-refractivity contribution in [2.75, 3.05) is 6.54 Å². The molecule has 6 nitrogen and oxygen atoms in total. The predicted molar refractivity (Wildman–Crippen MR) is 93.1 cm³/mol. The molecule has 3 rings (SSSR count). The van der Waals surface area contributed by atoms with Gasteiger partial charge in [0.25, 0.3) is 0 Å². The van der Waals surface area contributed by atoms with Crippen molar-refractivity contribution in [3.63, 3.8) is 0 Å². The molecule has 25 heavy (non-hydrogen) atoms. The first-order valence-corrected chi connectivity index (χ1v) is 8.43. The molecule has 0 bridgehead atoms. The summed E-state index contributed by atoms with van der Waals surface area (Å²) in [4.78, 5) is 34.3. The number of hydrogen-bond acceptors (Lipinski definition) is 4. The summed E-state index contributed by atoms with van der Waals surface area (Å²) in [7, 11) is 0. The highest BCUT2D eigenvalue weighted by Gasteiger charge is 2.28. The molecule has 1 saturated heterocycles. The quantitative estimate of drug-likeness (QED) is 0.928. The Bertz CT molecular complexity index is 819. The highest BCUT2D eigenvalue weighted by molar-refractivity contribution is 5.95. The number of aromatic carboxylic acids is 1. The minimum atomic E-state index is -0.989. The molecule has 1 aliphatic heterocycles. The molecule has 1 aromatic heterocycles. The summed E-state index contributed by atoms with van der Waals surface area (Å²) in [6, 6.07) is 8.54. The summed E-state index contributed by atoms with van der Waals surface area (Å²) < 4.78 is 0. The third-order valence-electron chi connectivity index (χ3n) is 4.54. The summed E-state index contributed by atoms with van der Waals surface area (Å²) in [6.07, 6.45) is 2.89. The molecule has 1 aliphatic rings. The van der Waals surface area contributed by atoms with E-state index in [4.69, 9.17) is 0 Å². The fourth-order valence-electron chi connectivity index (χ4n) is 3.41. The third-order valence-corrected chi connectivity index (χ3v) is 4.54. The number of aryl methyl sites for hydroxylation is 1. The first-order chi connectivity index (χ1) is 12.0. The van der Waals surface area contributed by atoms with Crippen molar-refractivity contribution in [3.05, 3.63) is 47.4 Å². The average Bonchev–Trinajstić information content (AvgIpc) is 2.61. The number of amides is 1. The molecular weight excluding hydrogens is 318 g/mol. The van der Waals surface area contributed by atoms with E-state index in [2.05, 4.69) is 9.97 Å². The maximum Gasteiger partial charge on any atom is 0.336 e. The molecule has 2 heterocycles. The number of carboxylic acid groups (broad SMARTS) is 1. The van der Waals surface area contributed by atoms with Crippen molar-refractivity contribution >= 4 is 11.9 Å². The first kappa shape index (κ1) is 17.1. The van der Waals surface area contributed by atoms with E-state index in [0.717, 1.165) is 31.5 Å². The van der Waals surface area contributed by atoms with Crippen molar-refractivity contribution in [1.82, 2.24) is 14.9 Å². The second kappa shape index (κ2) is 7.01. The van der Waals surface area contributed by atoms with Crippen LogP contribution in [0.25, 0.3) is 11.3 Å². The number of carboxylic acids is 1. The Labute approximate surface area is 146 Å². The largest absolute Gasteiger partial charge is 0.478 e. The molecule has 1 unspecified atom stereocenters. The van der Waals surface area contributed by atoms with Gasteiger partial charge in [-0.3, -0.25) is 4.79 Å². The molecule has 0 spiro atoms. The zero-order chi connectivity index (χ0) is 18.0. The normalized spacial score (nSPS) is 17.4. The zero-order valence-corrected chi connectivity index (χ0v) is 14.4. The highest BCUT2D eigenvalue weighted by atomic mass is 16.4. The van der Waals surface area contributed by atoms with Crippen LogP contribution in [0.4, 0.5) is 0 Å². The van der Waals surface area contributed by atoms with Crippen LogP contribution in [0.5, 0.6) is 0 Å². The molecule has 6 heteroatoms. The Morgan fingerprint density at radius 2 is 1.96 bits per heavy atom. The number of nitrogens with zero attached hydrogens (tertiary/aromatic N) is 3. The van der Waals surface area contributed by atoms with Crippen LogP contribution >= 0.6 is 0 Å². The van der Waals surface area contributed by atoms with Crippen LogP contribution < -0.4 is 0 Å². The van der Waals surface area contributed by atoms with Gasteiger partial charge in [-0.25, -0.2) is 14.8 Å². The Hall–Kier alpha value is -2.76. The van der Waals surface area contributed by atoms with Gasteiger partial charge in [0.2, 0.25) is 5.91 Å². The van der Waals surface area contributed by atoms with E-state index in [1.165, 1.54) is 0 Å². The van der Waals surface area contributed by atoms with Gasteiger partial charge in [0, 0.05) is 19.0 Å². The van der Waals surface area contributed by atoms with Crippen LogP contribution in [0.15, 0.2) is 30.3 Å². The van der Waals surface area contributed by atoms with Crippen LogP contribution in [0.2, 0.25) is 0 Å². The number of rotatable bonds is 3. The van der Waals surface area contributed by atoms with Gasteiger partial charge in [-0.1, -0.05) is 18.2 Å². The van der Waals surface area contributed by atoms with Gasteiger partial charge in [0.1, 0.15) is 5.82 Å². The van der Waals surface area contributed by atoms with Crippen LogP contribution in [0.3, 0.4) is 0 Å². The summed E-state index contributed by atoms with van der Waals surface area (Å²) in [5.74, 6) is -0.383. The molecule has 1 aromatic carbocycles. The smallest absolute Gasteiger partial charge is 0.336 e. The Balaban J connectivity index is 2.07. The lowest BCUT2D eigenvalue weighted by Gasteiger charge is -2.34. The molecule has 1 atom stereocenters. The van der Waals surface area contributed by atoms with E-state index >= 15 is 0 Å². The Morgan fingerprint density at radius 1 is 1.20 bits per heavy atom. The summed E-state index contributed by atoms with van der Waals surface area (Å²) >= 11 is 0. The van der Waals surface area contributed by atoms with Gasteiger partial charge < -0.3 is 10.0 Å². The maximum atomic E-state index is 12.0. The van der Waals surface area contributed by atoms with E-state index < -0.39 is 5.97 Å². The van der Waals surface area contributed by atoms with Crippen LogP contribution in [0.1, 0.15) is 54.1 Å². The molecular formula is C19H21N3O3. The number of carbonyl (C=O) groups is 2. The molecule has 0 aliphatic carbocycles. The van der Waals surface area contributed by atoms with Crippen LogP contribution in [-0.2, 0) is 4.79 Å². The summed E-state index contributed by atoms with van der Waals surface area (Å²) in [5.41, 5.74) is 2.12. The van der Waals surface area contributed by atoms with Gasteiger partial charge in [0.15, 0.2) is 0 Å². The number of carbonyl (C=O) groups excluding carboxylic acids is 1. The Morgan fingerprint density at radius 3 is 2.68 bits per heavy atom. The molecule has 130 valence electrons. The lowest BCUT2D eigenvalue weighted by Crippen LogP contribution is -2.37. The monoisotopic (exact) mass is 339 g/mol.